The minimum Gasteiger partial charge on any atom is -0.338 e. The Kier molecular flexibility index (Phi) is 3.87. The van der Waals surface area contributed by atoms with E-state index in [0.717, 1.165) is 32.5 Å². The fourth-order valence-corrected chi connectivity index (χ4v) is 1.25. The van der Waals surface area contributed by atoms with Gasteiger partial charge in [-0.25, -0.2) is 4.79 Å². The standard InChI is InChI=1S/C8H17N3O/c1-2-4-10-8(12)11-7-3-5-9-6-7/h7,9H,2-6H2,1H3,(H2,10,11,12)/t7-/m1/s1. The van der Waals surface area contributed by atoms with Gasteiger partial charge in [0, 0.05) is 19.1 Å². The zero-order chi connectivity index (χ0) is 8.81. The Balaban J connectivity index is 2.08. The number of rotatable bonds is 3. The molecule has 1 aliphatic heterocycles. The molecule has 3 N–H and O–H groups in total. The van der Waals surface area contributed by atoms with E-state index in [4.69, 9.17) is 0 Å². The van der Waals surface area contributed by atoms with Crippen LogP contribution in [0.2, 0.25) is 0 Å². The summed E-state index contributed by atoms with van der Waals surface area (Å²) in [4.78, 5) is 11.1. The number of hydrogen-bond acceptors (Lipinski definition) is 2. The average molecular weight is 171 g/mol. The van der Waals surface area contributed by atoms with Crippen molar-refractivity contribution in [3.8, 4) is 0 Å². The van der Waals surface area contributed by atoms with Crippen molar-refractivity contribution in [2.75, 3.05) is 19.6 Å². The molecule has 4 heteroatoms. The fourth-order valence-electron chi connectivity index (χ4n) is 1.25. The van der Waals surface area contributed by atoms with E-state index in [1.165, 1.54) is 0 Å². The maximum absolute atomic E-state index is 11.1. The first-order valence-electron chi connectivity index (χ1n) is 4.58. The van der Waals surface area contributed by atoms with E-state index in [9.17, 15) is 4.79 Å². The van der Waals surface area contributed by atoms with Gasteiger partial charge in [0.05, 0.1) is 0 Å². The minimum atomic E-state index is -0.0365. The molecule has 1 saturated heterocycles. The lowest BCUT2D eigenvalue weighted by Crippen LogP contribution is -2.43. The summed E-state index contributed by atoms with van der Waals surface area (Å²) in [6.45, 7) is 4.71. The first kappa shape index (κ1) is 9.32. The molecule has 1 heterocycles. The maximum Gasteiger partial charge on any atom is 0.315 e. The second kappa shape index (κ2) is 4.98. The number of hydrogen-bond donors (Lipinski definition) is 3. The minimum absolute atomic E-state index is 0.0365. The molecular formula is C8H17N3O. The van der Waals surface area contributed by atoms with Gasteiger partial charge >= 0.3 is 6.03 Å². The van der Waals surface area contributed by atoms with Gasteiger partial charge in [0.2, 0.25) is 0 Å². The van der Waals surface area contributed by atoms with Gasteiger partial charge in [-0.1, -0.05) is 6.92 Å². The van der Waals surface area contributed by atoms with Crippen LogP contribution in [0.15, 0.2) is 0 Å². The lowest BCUT2D eigenvalue weighted by molar-refractivity contribution is 0.238. The van der Waals surface area contributed by atoms with Crippen LogP contribution in [0.4, 0.5) is 4.79 Å². The van der Waals surface area contributed by atoms with E-state index >= 15 is 0 Å². The van der Waals surface area contributed by atoms with Crippen LogP contribution in [0.3, 0.4) is 0 Å². The normalized spacial score (nSPS) is 22.2. The molecule has 0 bridgehead atoms. The molecule has 0 aromatic rings. The van der Waals surface area contributed by atoms with Crippen molar-refractivity contribution >= 4 is 6.03 Å². The number of carbonyl (C=O) groups is 1. The van der Waals surface area contributed by atoms with Crippen molar-refractivity contribution in [3.05, 3.63) is 0 Å². The zero-order valence-corrected chi connectivity index (χ0v) is 7.52. The Morgan fingerprint density at radius 3 is 3.08 bits per heavy atom. The molecule has 0 unspecified atom stereocenters. The molecule has 0 aromatic carbocycles. The predicted octanol–water partition coefficient (Wildman–Crippen LogP) is 0.0575. The van der Waals surface area contributed by atoms with E-state index in [-0.39, 0.29) is 6.03 Å². The highest BCUT2D eigenvalue weighted by Crippen LogP contribution is 1.95. The van der Waals surface area contributed by atoms with Crippen molar-refractivity contribution in [1.29, 1.82) is 0 Å². The van der Waals surface area contributed by atoms with Crippen LogP contribution in [0.5, 0.6) is 0 Å². The lowest BCUT2D eigenvalue weighted by atomic mass is 10.3. The van der Waals surface area contributed by atoms with Crippen LogP contribution < -0.4 is 16.0 Å². The Labute approximate surface area is 73.1 Å². The van der Waals surface area contributed by atoms with Gasteiger partial charge < -0.3 is 16.0 Å². The molecule has 1 rings (SSSR count). The second-order valence-electron chi connectivity index (χ2n) is 3.09. The first-order chi connectivity index (χ1) is 5.83. The van der Waals surface area contributed by atoms with Gasteiger partial charge in [-0.3, -0.25) is 0 Å². The molecule has 1 fully saturated rings. The van der Waals surface area contributed by atoms with E-state index in [0.29, 0.717) is 6.04 Å². The molecule has 1 atom stereocenters. The van der Waals surface area contributed by atoms with Crippen molar-refractivity contribution < 1.29 is 4.79 Å². The van der Waals surface area contributed by atoms with Crippen molar-refractivity contribution in [3.63, 3.8) is 0 Å². The number of nitrogens with one attached hydrogen (secondary N) is 3. The molecule has 2 amide bonds. The summed E-state index contributed by atoms with van der Waals surface area (Å²) in [7, 11) is 0. The topological polar surface area (TPSA) is 53.2 Å². The van der Waals surface area contributed by atoms with Crippen LogP contribution in [0.25, 0.3) is 0 Å². The van der Waals surface area contributed by atoms with Gasteiger partial charge in [-0.15, -0.1) is 0 Å². The Morgan fingerprint density at radius 1 is 1.67 bits per heavy atom. The third kappa shape index (κ3) is 3.09. The SMILES string of the molecule is CCCNC(=O)N[C@@H]1CCNC1. The fraction of sp³-hybridized carbons (Fsp3) is 0.875. The number of urea groups is 1. The molecule has 0 aromatic heterocycles. The van der Waals surface area contributed by atoms with Gasteiger partial charge in [0.1, 0.15) is 0 Å². The maximum atomic E-state index is 11.1. The van der Waals surface area contributed by atoms with Crippen molar-refractivity contribution in [1.82, 2.24) is 16.0 Å². The van der Waals surface area contributed by atoms with Crippen molar-refractivity contribution in [2.24, 2.45) is 0 Å². The van der Waals surface area contributed by atoms with Crippen LogP contribution in [0, 0.1) is 0 Å². The molecule has 0 aliphatic carbocycles. The quantitative estimate of drug-likeness (QED) is 0.562. The number of amides is 2. The third-order valence-corrected chi connectivity index (χ3v) is 1.93. The van der Waals surface area contributed by atoms with E-state index < -0.39 is 0 Å². The Bertz CT molecular complexity index is 143. The van der Waals surface area contributed by atoms with E-state index in [1.807, 2.05) is 6.92 Å². The molecule has 12 heavy (non-hydrogen) atoms. The summed E-state index contributed by atoms with van der Waals surface area (Å²) in [6, 6.07) is 0.285. The highest BCUT2D eigenvalue weighted by Gasteiger charge is 2.15. The molecule has 70 valence electrons. The molecular weight excluding hydrogens is 154 g/mol. The highest BCUT2D eigenvalue weighted by molar-refractivity contribution is 5.74. The third-order valence-electron chi connectivity index (χ3n) is 1.93. The highest BCUT2D eigenvalue weighted by atomic mass is 16.2. The first-order valence-corrected chi connectivity index (χ1v) is 4.58. The Morgan fingerprint density at radius 2 is 2.50 bits per heavy atom. The van der Waals surface area contributed by atoms with Crippen LogP contribution in [-0.2, 0) is 0 Å². The second-order valence-corrected chi connectivity index (χ2v) is 3.09. The predicted molar refractivity (Wildman–Crippen MR) is 48.1 cm³/mol. The molecule has 0 spiro atoms. The summed E-state index contributed by atoms with van der Waals surface area (Å²) < 4.78 is 0. The van der Waals surface area contributed by atoms with E-state index in [1.54, 1.807) is 0 Å². The summed E-state index contributed by atoms with van der Waals surface area (Å²) in [5, 5.41) is 8.87. The summed E-state index contributed by atoms with van der Waals surface area (Å²) >= 11 is 0. The summed E-state index contributed by atoms with van der Waals surface area (Å²) in [6.07, 6.45) is 2.02. The summed E-state index contributed by atoms with van der Waals surface area (Å²) in [5.74, 6) is 0. The van der Waals surface area contributed by atoms with Crippen molar-refractivity contribution in [2.45, 2.75) is 25.8 Å². The van der Waals surface area contributed by atoms with Gasteiger partial charge in [0.15, 0.2) is 0 Å². The lowest BCUT2D eigenvalue weighted by Gasteiger charge is -2.11. The van der Waals surface area contributed by atoms with Gasteiger partial charge in [-0.2, -0.15) is 0 Å². The monoisotopic (exact) mass is 171 g/mol. The summed E-state index contributed by atoms with van der Waals surface area (Å²) in [5.41, 5.74) is 0. The molecule has 0 radical (unpaired) electrons. The van der Waals surface area contributed by atoms with Crippen LogP contribution >= 0.6 is 0 Å². The van der Waals surface area contributed by atoms with E-state index in [2.05, 4.69) is 16.0 Å². The van der Waals surface area contributed by atoms with Crippen LogP contribution in [0.1, 0.15) is 19.8 Å². The van der Waals surface area contributed by atoms with Crippen LogP contribution in [-0.4, -0.2) is 31.7 Å². The number of carbonyl (C=O) groups excluding carboxylic acids is 1. The molecule has 4 nitrogen and oxygen atoms in total. The van der Waals surface area contributed by atoms with Gasteiger partial charge in [-0.05, 0) is 19.4 Å². The Hall–Kier alpha value is -0.770. The average Bonchev–Trinajstić information content (AvgIpc) is 2.53. The van der Waals surface area contributed by atoms with Gasteiger partial charge in [0.25, 0.3) is 0 Å². The molecule has 0 saturated carbocycles. The smallest absolute Gasteiger partial charge is 0.315 e. The molecule has 1 aliphatic rings. The largest absolute Gasteiger partial charge is 0.338 e. The zero-order valence-electron chi connectivity index (χ0n) is 7.52.